The Bertz CT molecular complexity index is 973. The van der Waals surface area contributed by atoms with Crippen molar-refractivity contribution in [3.63, 3.8) is 0 Å². The van der Waals surface area contributed by atoms with Gasteiger partial charge in [-0.25, -0.2) is 8.78 Å². The molecule has 1 N–H and O–H groups in total. The summed E-state index contributed by atoms with van der Waals surface area (Å²) in [5, 5.41) is 2.33. The average molecular weight is 381 g/mol. The smallest absolute Gasteiger partial charge is 0.310 e. The van der Waals surface area contributed by atoms with Gasteiger partial charge in [0.25, 0.3) is 5.91 Å². The predicted octanol–water partition coefficient (Wildman–Crippen LogP) is 4.36. The van der Waals surface area contributed by atoms with E-state index >= 15 is 0 Å². The number of esters is 1. The Balaban J connectivity index is 1.48. The lowest BCUT2D eigenvalue weighted by Gasteiger charge is -2.08. The van der Waals surface area contributed by atoms with Crippen LogP contribution in [0.1, 0.15) is 5.56 Å². The molecule has 0 aromatic heterocycles. The first kappa shape index (κ1) is 19.2. The van der Waals surface area contributed by atoms with Crippen LogP contribution in [0.4, 0.5) is 14.5 Å². The summed E-state index contributed by atoms with van der Waals surface area (Å²) >= 11 is 0. The molecule has 0 aliphatic carbocycles. The van der Waals surface area contributed by atoms with Crippen molar-refractivity contribution < 1.29 is 23.1 Å². The summed E-state index contributed by atoms with van der Waals surface area (Å²) in [6.45, 7) is -0.514. The van der Waals surface area contributed by atoms with Crippen LogP contribution in [-0.2, 0) is 20.7 Å². The zero-order valence-corrected chi connectivity index (χ0v) is 14.8. The standard InChI is InChI=1S/C22H17F2NO3/c23-19-11-10-18(13-20(19)24)25-21(26)14-28-22(27)12-15-6-8-17(9-7-15)16-4-2-1-3-5-16/h1-11,13H,12,14H2,(H,25,26). The Morgan fingerprint density at radius 2 is 1.50 bits per heavy atom. The molecule has 0 saturated heterocycles. The van der Waals surface area contributed by atoms with Gasteiger partial charge >= 0.3 is 5.97 Å². The van der Waals surface area contributed by atoms with Crippen LogP contribution in [0.2, 0.25) is 0 Å². The number of rotatable bonds is 6. The number of carbonyl (C=O) groups excluding carboxylic acids is 2. The zero-order chi connectivity index (χ0) is 19.9. The van der Waals surface area contributed by atoms with Crippen molar-refractivity contribution in [1.29, 1.82) is 0 Å². The molecule has 0 fully saturated rings. The maximum Gasteiger partial charge on any atom is 0.310 e. The van der Waals surface area contributed by atoms with Crippen LogP contribution >= 0.6 is 0 Å². The summed E-state index contributed by atoms with van der Waals surface area (Å²) < 4.78 is 30.9. The number of nitrogens with one attached hydrogen (secondary N) is 1. The van der Waals surface area contributed by atoms with E-state index in [1.807, 2.05) is 54.6 Å². The first-order chi connectivity index (χ1) is 13.5. The van der Waals surface area contributed by atoms with Gasteiger partial charge in [0, 0.05) is 11.8 Å². The third kappa shape index (κ3) is 5.23. The largest absolute Gasteiger partial charge is 0.455 e. The second-order valence-corrected chi connectivity index (χ2v) is 6.08. The molecule has 0 heterocycles. The topological polar surface area (TPSA) is 55.4 Å². The molecule has 6 heteroatoms. The average Bonchev–Trinajstić information content (AvgIpc) is 2.70. The van der Waals surface area contributed by atoms with E-state index in [0.717, 1.165) is 28.8 Å². The van der Waals surface area contributed by atoms with Gasteiger partial charge in [-0.1, -0.05) is 54.6 Å². The first-order valence-electron chi connectivity index (χ1n) is 8.56. The number of ether oxygens (including phenoxy) is 1. The lowest BCUT2D eigenvalue weighted by molar-refractivity contribution is -0.146. The van der Waals surface area contributed by atoms with Crippen molar-refractivity contribution >= 4 is 17.6 Å². The van der Waals surface area contributed by atoms with Crippen molar-refractivity contribution in [3.05, 3.63) is 90.0 Å². The minimum atomic E-state index is -1.08. The number of halogens is 2. The number of hydrogen-bond donors (Lipinski definition) is 1. The molecule has 0 aliphatic heterocycles. The van der Waals surface area contributed by atoms with Gasteiger partial charge < -0.3 is 10.1 Å². The van der Waals surface area contributed by atoms with Gasteiger partial charge in [0.1, 0.15) is 0 Å². The van der Waals surface area contributed by atoms with Crippen LogP contribution in [0, 0.1) is 11.6 Å². The molecule has 0 saturated carbocycles. The maximum absolute atomic E-state index is 13.1. The van der Waals surface area contributed by atoms with E-state index in [9.17, 15) is 18.4 Å². The minimum absolute atomic E-state index is 0.0214. The van der Waals surface area contributed by atoms with Gasteiger partial charge in [-0.15, -0.1) is 0 Å². The van der Waals surface area contributed by atoms with Crippen molar-refractivity contribution in [2.24, 2.45) is 0 Å². The molecule has 0 atom stereocenters. The van der Waals surface area contributed by atoms with E-state index in [1.54, 1.807) is 0 Å². The number of anilines is 1. The van der Waals surface area contributed by atoms with E-state index in [1.165, 1.54) is 6.07 Å². The van der Waals surface area contributed by atoms with Gasteiger partial charge in [0.2, 0.25) is 0 Å². The molecule has 3 aromatic rings. The van der Waals surface area contributed by atoms with E-state index in [4.69, 9.17) is 4.74 Å². The van der Waals surface area contributed by atoms with Crippen molar-refractivity contribution in [2.45, 2.75) is 6.42 Å². The summed E-state index contributed by atoms with van der Waals surface area (Å²) in [4.78, 5) is 23.7. The van der Waals surface area contributed by atoms with Gasteiger partial charge in [-0.2, -0.15) is 0 Å². The highest BCUT2D eigenvalue weighted by atomic mass is 19.2. The lowest BCUT2D eigenvalue weighted by atomic mass is 10.0. The number of carbonyl (C=O) groups is 2. The molecule has 0 radical (unpaired) electrons. The van der Waals surface area contributed by atoms with E-state index in [0.29, 0.717) is 0 Å². The van der Waals surface area contributed by atoms with Crippen molar-refractivity contribution in [3.8, 4) is 11.1 Å². The SMILES string of the molecule is O=C(COC(=O)Cc1ccc(-c2ccccc2)cc1)Nc1ccc(F)c(F)c1. The summed E-state index contributed by atoms with van der Waals surface area (Å²) in [6, 6.07) is 20.3. The number of benzene rings is 3. The Morgan fingerprint density at radius 1 is 0.821 bits per heavy atom. The number of hydrogen-bond acceptors (Lipinski definition) is 3. The van der Waals surface area contributed by atoms with Crippen molar-refractivity contribution in [1.82, 2.24) is 0 Å². The van der Waals surface area contributed by atoms with E-state index in [2.05, 4.69) is 5.32 Å². The molecule has 4 nitrogen and oxygen atoms in total. The highest BCUT2D eigenvalue weighted by Gasteiger charge is 2.10. The quantitative estimate of drug-likeness (QED) is 0.646. The Hall–Kier alpha value is -3.54. The summed E-state index contributed by atoms with van der Waals surface area (Å²) in [5.41, 5.74) is 2.94. The monoisotopic (exact) mass is 381 g/mol. The Kier molecular flexibility index (Phi) is 6.11. The third-order valence-electron chi connectivity index (χ3n) is 3.98. The van der Waals surface area contributed by atoms with Crippen molar-refractivity contribution in [2.75, 3.05) is 11.9 Å². The third-order valence-corrected chi connectivity index (χ3v) is 3.98. The maximum atomic E-state index is 13.1. The summed E-state index contributed by atoms with van der Waals surface area (Å²) in [6.07, 6.45) is 0.0214. The van der Waals surface area contributed by atoms with Crippen LogP contribution in [0.5, 0.6) is 0 Å². The highest BCUT2D eigenvalue weighted by Crippen LogP contribution is 2.19. The Labute approximate surface area is 160 Å². The first-order valence-corrected chi connectivity index (χ1v) is 8.56. The van der Waals surface area contributed by atoms with Gasteiger partial charge in [0.05, 0.1) is 6.42 Å². The highest BCUT2D eigenvalue weighted by molar-refractivity contribution is 5.92. The Morgan fingerprint density at radius 3 is 2.18 bits per heavy atom. The summed E-state index contributed by atoms with van der Waals surface area (Å²) in [7, 11) is 0. The lowest BCUT2D eigenvalue weighted by Crippen LogP contribution is -2.21. The normalized spacial score (nSPS) is 10.4. The van der Waals surface area contributed by atoms with Gasteiger partial charge in [-0.05, 0) is 28.8 Å². The van der Waals surface area contributed by atoms with Crippen LogP contribution in [-0.4, -0.2) is 18.5 Å². The fraction of sp³-hybridized carbons (Fsp3) is 0.0909. The fourth-order valence-corrected chi connectivity index (χ4v) is 2.58. The molecule has 0 bridgehead atoms. The second-order valence-electron chi connectivity index (χ2n) is 6.08. The van der Waals surface area contributed by atoms with Crippen LogP contribution in [0.3, 0.4) is 0 Å². The molecular weight excluding hydrogens is 364 g/mol. The van der Waals surface area contributed by atoms with E-state index in [-0.39, 0.29) is 12.1 Å². The molecule has 3 aromatic carbocycles. The summed E-state index contributed by atoms with van der Waals surface area (Å²) in [5.74, 6) is -3.29. The molecule has 28 heavy (non-hydrogen) atoms. The van der Waals surface area contributed by atoms with Gasteiger partial charge in [-0.3, -0.25) is 9.59 Å². The molecule has 142 valence electrons. The van der Waals surface area contributed by atoms with Gasteiger partial charge in [0.15, 0.2) is 18.2 Å². The predicted molar refractivity (Wildman–Crippen MR) is 102 cm³/mol. The molecular formula is C22H17F2NO3. The van der Waals surface area contributed by atoms with Crippen LogP contribution < -0.4 is 5.32 Å². The molecule has 3 rings (SSSR count). The molecule has 1 amide bonds. The minimum Gasteiger partial charge on any atom is -0.455 e. The molecule has 0 aliphatic rings. The molecule has 0 unspecified atom stereocenters. The van der Waals surface area contributed by atoms with Crippen LogP contribution in [0.25, 0.3) is 11.1 Å². The second kappa shape index (κ2) is 8.90. The van der Waals surface area contributed by atoms with E-state index < -0.39 is 30.1 Å². The fourth-order valence-electron chi connectivity index (χ4n) is 2.58. The van der Waals surface area contributed by atoms with Crippen LogP contribution in [0.15, 0.2) is 72.8 Å². The molecule has 0 spiro atoms. The number of amides is 1. The zero-order valence-electron chi connectivity index (χ0n) is 14.8.